The molecular formula is C18H21N3O4. The first-order valence-electron chi connectivity index (χ1n) is 7.65. The average Bonchev–Trinajstić information content (AvgIpc) is 2.58. The second-order valence-electron chi connectivity index (χ2n) is 6.33. The third kappa shape index (κ3) is 4.56. The van der Waals surface area contributed by atoms with Crippen LogP contribution in [0, 0.1) is 0 Å². The first-order valence-corrected chi connectivity index (χ1v) is 7.65. The van der Waals surface area contributed by atoms with Crippen molar-refractivity contribution in [2.24, 2.45) is 5.73 Å². The molecule has 25 heavy (non-hydrogen) atoms. The maximum atomic E-state index is 12.4. The van der Waals surface area contributed by atoms with E-state index in [-0.39, 0.29) is 5.75 Å². The fourth-order valence-corrected chi connectivity index (χ4v) is 2.34. The standard InChI is InChI=1S/C18H21N3O4/c1-18(2,19)15(17(24)21-25)20-16(23)13-5-3-11(4-6-13)12-7-9-14(22)10-8-12/h3-10,15,22,25H,19H2,1-2H3,(H,20,23)(H,21,24)/t15-/m1/s1. The van der Waals surface area contributed by atoms with E-state index >= 15 is 0 Å². The predicted octanol–water partition coefficient (Wildman–Crippen LogP) is 1.40. The Kier molecular flexibility index (Phi) is 5.41. The second kappa shape index (κ2) is 7.33. The molecule has 0 aliphatic carbocycles. The zero-order valence-electron chi connectivity index (χ0n) is 14.0. The smallest absolute Gasteiger partial charge is 0.267 e. The molecule has 0 bridgehead atoms. The highest BCUT2D eigenvalue weighted by Gasteiger charge is 2.33. The zero-order chi connectivity index (χ0) is 18.6. The molecule has 1 atom stereocenters. The van der Waals surface area contributed by atoms with E-state index in [1.54, 1.807) is 62.4 Å². The van der Waals surface area contributed by atoms with E-state index in [1.165, 1.54) is 5.48 Å². The number of rotatable bonds is 5. The van der Waals surface area contributed by atoms with Gasteiger partial charge in [-0.2, -0.15) is 0 Å². The third-order valence-corrected chi connectivity index (χ3v) is 3.74. The second-order valence-corrected chi connectivity index (χ2v) is 6.33. The summed E-state index contributed by atoms with van der Waals surface area (Å²) in [6, 6.07) is 12.4. The number of hydrogen-bond donors (Lipinski definition) is 5. The van der Waals surface area contributed by atoms with Crippen LogP contribution in [-0.4, -0.2) is 33.7 Å². The number of carbonyl (C=O) groups is 2. The topological polar surface area (TPSA) is 125 Å². The first kappa shape index (κ1) is 18.4. The van der Waals surface area contributed by atoms with Gasteiger partial charge in [0.05, 0.1) is 0 Å². The van der Waals surface area contributed by atoms with Gasteiger partial charge in [0.25, 0.3) is 11.8 Å². The highest BCUT2D eigenvalue weighted by Crippen LogP contribution is 2.22. The van der Waals surface area contributed by atoms with Crippen molar-refractivity contribution < 1.29 is 19.9 Å². The van der Waals surface area contributed by atoms with E-state index < -0.39 is 23.4 Å². The molecule has 0 fully saturated rings. The number of phenolic OH excluding ortho intramolecular Hbond substituents is 1. The van der Waals surface area contributed by atoms with E-state index in [4.69, 9.17) is 10.9 Å². The van der Waals surface area contributed by atoms with Crippen molar-refractivity contribution in [3.8, 4) is 16.9 Å². The molecule has 7 heteroatoms. The van der Waals surface area contributed by atoms with E-state index in [1.807, 2.05) is 0 Å². The number of nitrogens with two attached hydrogens (primary N) is 1. The Morgan fingerprint density at radius 2 is 1.48 bits per heavy atom. The highest BCUT2D eigenvalue weighted by atomic mass is 16.5. The number of nitrogens with one attached hydrogen (secondary N) is 2. The van der Waals surface area contributed by atoms with Crippen LogP contribution in [0.4, 0.5) is 0 Å². The Morgan fingerprint density at radius 1 is 1.00 bits per heavy atom. The van der Waals surface area contributed by atoms with E-state index in [0.29, 0.717) is 5.56 Å². The lowest BCUT2D eigenvalue weighted by molar-refractivity contribution is -0.132. The largest absolute Gasteiger partial charge is 0.508 e. The fourth-order valence-electron chi connectivity index (χ4n) is 2.34. The first-order chi connectivity index (χ1) is 11.7. The van der Waals surface area contributed by atoms with Crippen molar-refractivity contribution in [2.75, 3.05) is 0 Å². The number of aromatic hydroxyl groups is 1. The SMILES string of the molecule is CC(C)(N)[C@H](NC(=O)c1ccc(-c2ccc(O)cc2)cc1)C(=O)NO. The molecule has 132 valence electrons. The average molecular weight is 343 g/mol. The molecule has 0 aliphatic heterocycles. The van der Waals surface area contributed by atoms with Crippen LogP contribution < -0.4 is 16.5 Å². The van der Waals surface area contributed by atoms with Gasteiger partial charge >= 0.3 is 0 Å². The Morgan fingerprint density at radius 3 is 1.92 bits per heavy atom. The van der Waals surface area contributed by atoms with Crippen LogP contribution in [0.5, 0.6) is 5.75 Å². The van der Waals surface area contributed by atoms with Gasteiger partial charge in [-0.1, -0.05) is 24.3 Å². The number of hydroxylamine groups is 1. The molecule has 0 aliphatic rings. The Hall–Kier alpha value is -2.90. The van der Waals surface area contributed by atoms with Crippen LogP contribution in [0.25, 0.3) is 11.1 Å². The number of benzene rings is 2. The number of carbonyl (C=O) groups excluding carboxylic acids is 2. The normalized spacial score (nSPS) is 12.3. The van der Waals surface area contributed by atoms with Crippen LogP contribution >= 0.6 is 0 Å². The van der Waals surface area contributed by atoms with Crippen molar-refractivity contribution in [1.82, 2.24) is 10.8 Å². The van der Waals surface area contributed by atoms with Gasteiger partial charge in [-0.3, -0.25) is 14.8 Å². The monoisotopic (exact) mass is 343 g/mol. The summed E-state index contributed by atoms with van der Waals surface area (Å²) in [5, 5.41) is 20.7. The van der Waals surface area contributed by atoms with Gasteiger partial charge in [-0.25, -0.2) is 5.48 Å². The minimum atomic E-state index is -1.10. The number of hydrogen-bond acceptors (Lipinski definition) is 5. The summed E-state index contributed by atoms with van der Waals surface area (Å²) in [7, 11) is 0. The molecule has 0 unspecified atom stereocenters. The van der Waals surface area contributed by atoms with Crippen molar-refractivity contribution in [3.05, 3.63) is 54.1 Å². The summed E-state index contributed by atoms with van der Waals surface area (Å²) >= 11 is 0. The molecule has 2 aromatic rings. The Bertz CT molecular complexity index is 749. The number of phenols is 1. The third-order valence-electron chi connectivity index (χ3n) is 3.74. The maximum absolute atomic E-state index is 12.4. The molecule has 2 aromatic carbocycles. The highest BCUT2D eigenvalue weighted by molar-refractivity contribution is 5.98. The Balaban J connectivity index is 2.17. The van der Waals surface area contributed by atoms with Crippen LogP contribution in [0.15, 0.2) is 48.5 Å². The maximum Gasteiger partial charge on any atom is 0.267 e. The van der Waals surface area contributed by atoms with Gasteiger partial charge in [0, 0.05) is 11.1 Å². The van der Waals surface area contributed by atoms with Crippen molar-refractivity contribution in [1.29, 1.82) is 0 Å². The van der Waals surface area contributed by atoms with E-state index in [0.717, 1.165) is 11.1 Å². The lowest BCUT2D eigenvalue weighted by Gasteiger charge is -2.29. The fraction of sp³-hybridized carbons (Fsp3) is 0.222. The van der Waals surface area contributed by atoms with Gasteiger partial charge in [0.1, 0.15) is 11.8 Å². The van der Waals surface area contributed by atoms with Crippen LogP contribution in [0.2, 0.25) is 0 Å². The quantitative estimate of drug-likeness (QED) is 0.414. The van der Waals surface area contributed by atoms with Gasteiger partial charge in [-0.15, -0.1) is 0 Å². The molecule has 0 heterocycles. The minimum Gasteiger partial charge on any atom is -0.508 e. The summed E-state index contributed by atoms with van der Waals surface area (Å²) in [5.41, 5.74) is 8.46. The van der Waals surface area contributed by atoms with Gasteiger partial charge in [0.2, 0.25) is 0 Å². The molecule has 0 aromatic heterocycles. The summed E-state index contributed by atoms with van der Waals surface area (Å²) < 4.78 is 0. The van der Waals surface area contributed by atoms with Gasteiger partial charge in [0.15, 0.2) is 0 Å². The van der Waals surface area contributed by atoms with Crippen LogP contribution in [-0.2, 0) is 4.79 Å². The van der Waals surface area contributed by atoms with Gasteiger partial charge in [-0.05, 0) is 49.2 Å². The summed E-state index contributed by atoms with van der Waals surface area (Å²) in [5.74, 6) is -1.09. The van der Waals surface area contributed by atoms with E-state index in [9.17, 15) is 14.7 Å². The molecule has 0 saturated heterocycles. The van der Waals surface area contributed by atoms with Crippen LogP contribution in [0.1, 0.15) is 24.2 Å². The summed E-state index contributed by atoms with van der Waals surface area (Å²) in [6.07, 6.45) is 0. The van der Waals surface area contributed by atoms with E-state index in [2.05, 4.69) is 5.32 Å². The molecule has 6 N–H and O–H groups in total. The summed E-state index contributed by atoms with van der Waals surface area (Å²) in [4.78, 5) is 24.1. The van der Waals surface area contributed by atoms with Crippen molar-refractivity contribution >= 4 is 11.8 Å². The lowest BCUT2D eigenvalue weighted by atomic mass is 9.94. The molecule has 2 amide bonds. The molecule has 7 nitrogen and oxygen atoms in total. The molecule has 0 spiro atoms. The number of amides is 2. The van der Waals surface area contributed by atoms with Gasteiger partial charge < -0.3 is 16.2 Å². The zero-order valence-corrected chi connectivity index (χ0v) is 14.0. The Labute approximate surface area is 145 Å². The molecule has 0 radical (unpaired) electrons. The molecular weight excluding hydrogens is 322 g/mol. The lowest BCUT2D eigenvalue weighted by Crippen LogP contribution is -2.61. The molecule has 2 rings (SSSR count). The summed E-state index contributed by atoms with van der Waals surface area (Å²) in [6.45, 7) is 3.14. The van der Waals surface area contributed by atoms with Crippen molar-refractivity contribution in [3.63, 3.8) is 0 Å². The van der Waals surface area contributed by atoms with Crippen LogP contribution in [0.3, 0.4) is 0 Å². The predicted molar refractivity (Wildman–Crippen MR) is 93.0 cm³/mol. The molecule has 0 saturated carbocycles. The van der Waals surface area contributed by atoms with Crippen molar-refractivity contribution in [2.45, 2.75) is 25.4 Å². The minimum absolute atomic E-state index is 0.178.